The van der Waals surface area contributed by atoms with Crippen LogP contribution in [-0.2, 0) is 0 Å². The summed E-state index contributed by atoms with van der Waals surface area (Å²) in [5, 5.41) is 6.53. The molecule has 2 unspecified atom stereocenters. The van der Waals surface area contributed by atoms with Gasteiger partial charge in [0.25, 0.3) is 0 Å². The zero-order valence-electron chi connectivity index (χ0n) is 13.5. The van der Waals surface area contributed by atoms with E-state index in [1.165, 1.54) is 12.8 Å². The van der Waals surface area contributed by atoms with Crippen molar-refractivity contribution in [2.24, 2.45) is 22.9 Å². The summed E-state index contributed by atoms with van der Waals surface area (Å²) in [7, 11) is 0. The third-order valence-corrected chi connectivity index (χ3v) is 2.76. The molecule has 0 amide bonds. The van der Waals surface area contributed by atoms with Gasteiger partial charge in [-0.15, -0.1) is 0 Å². The average Bonchev–Trinajstić information content (AvgIpc) is 2.44. The van der Waals surface area contributed by atoms with Crippen LogP contribution in [0.5, 0.6) is 0 Å². The highest BCUT2D eigenvalue weighted by Crippen LogP contribution is 1.85. The van der Waals surface area contributed by atoms with Gasteiger partial charge in [0.1, 0.15) is 0 Å². The van der Waals surface area contributed by atoms with Crippen LogP contribution in [0.1, 0.15) is 39.5 Å². The van der Waals surface area contributed by atoms with Crippen LogP contribution in [0.25, 0.3) is 0 Å². The number of hydrogen-bond donors (Lipinski definition) is 6. The zero-order valence-corrected chi connectivity index (χ0v) is 13.5. The first-order valence-electron chi connectivity index (χ1n) is 7.88. The Morgan fingerprint density at radius 3 is 1.70 bits per heavy atom. The van der Waals surface area contributed by atoms with Crippen molar-refractivity contribution in [1.29, 1.82) is 0 Å². The second-order valence-electron chi connectivity index (χ2n) is 5.26. The number of nitrogens with two attached hydrogens (primary N) is 4. The maximum Gasteiger partial charge on any atom is 0.0162 e. The van der Waals surface area contributed by atoms with Crippen molar-refractivity contribution >= 4 is 0 Å². The number of nitrogens with one attached hydrogen (secondary N) is 2. The Hall–Kier alpha value is -0.240. The summed E-state index contributed by atoms with van der Waals surface area (Å²) in [5.74, 6) is 0. The lowest BCUT2D eigenvalue weighted by Crippen LogP contribution is -2.40. The maximum absolute atomic E-state index is 5.49. The fourth-order valence-electron chi connectivity index (χ4n) is 1.38. The van der Waals surface area contributed by atoms with Crippen molar-refractivity contribution in [3.63, 3.8) is 0 Å². The van der Waals surface area contributed by atoms with Gasteiger partial charge in [-0.2, -0.15) is 0 Å². The van der Waals surface area contributed by atoms with Crippen molar-refractivity contribution in [2.75, 3.05) is 39.3 Å². The molecule has 0 aromatic heterocycles. The molecule has 0 rings (SSSR count). The van der Waals surface area contributed by atoms with E-state index in [1.807, 2.05) is 13.8 Å². The largest absolute Gasteiger partial charge is 0.330 e. The van der Waals surface area contributed by atoms with E-state index in [0.29, 0.717) is 12.6 Å². The van der Waals surface area contributed by atoms with Crippen molar-refractivity contribution in [2.45, 2.75) is 51.6 Å². The van der Waals surface area contributed by atoms with E-state index < -0.39 is 0 Å². The highest BCUT2D eigenvalue weighted by molar-refractivity contribution is 4.64. The van der Waals surface area contributed by atoms with E-state index in [4.69, 9.17) is 22.9 Å². The summed E-state index contributed by atoms with van der Waals surface area (Å²) in [4.78, 5) is 0. The van der Waals surface area contributed by atoms with Crippen LogP contribution in [0.4, 0.5) is 0 Å². The third kappa shape index (κ3) is 22.9. The van der Waals surface area contributed by atoms with Gasteiger partial charge in [-0.25, -0.2) is 0 Å². The van der Waals surface area contributed by atoms with Crippen LogP contribution >= 0.6 is 0 Å². The van der Waals surface area contributed by atoms with E-state index in [0.717, 1.165) is 45.6 Å². The lowest BCUT2D eigenvalue weighted by Gasteiger charge is -2.12. The smallest absolute Gasteiger partial charge is 0.0162 e. The summed E-state index contributed by atoms with van der Waals surface area (Å²) in [6.07, 6.45) is 4.64. The molecule has 6 heteroatoms. The molecule has 0 bridgehead atoms. The number of rotatable bonds is 12. The molecule has 0 radical (unpaired) electrons. The molecule has 0 aliphatic rings. The molecule has 0 fully saturated rings. The monoisotopic (exact) mass is 290 g/mol. The lowest BCUT2D eigenvalue weighted by atomic mass is 10.3. The first kappa shape index (κ1) is 22.0. The molecule has 2 atom stereocenters. The Balaban J connectivity index is 0. The molecule has 10 N–H and O–H groups in total. The molecule has 0 heterocycles. The van der Waals surface area contributed by atoms with Gasteiger partial charge in [-0.3, -0.25) is 0 Å². The SMILES string of the molecule is CC(N)CNC(C)CN.NCCCCNCCCCN. The van der Waals surface area contributed by atoms with Gasteiger partial charge in [0.05, 0.1) is 0 Å². The predicted octanol–water partition coefficient (Wildman–Crippen LogP) is -0.676. The minimum absolute atomic E-state index is 0.221. The number of unbranched alkanes of at least 4 members (excludes halogenated alkanes) is 2. The van der Waals surface area contributed by atoms with Gasteiger partial charge in [-0.1, -0.05) is 0 Å². The molecule has 6 nitrogen and oxygen atoms in total. The normalized spacial score (nSPS) is 13.5. The van der Waals surface area contributed by atoms with Gasteiger partial charge >= 0.3 is 0 Å². The Labute approximate surface area is 125 Å². The summed E-state index contributed by atoms with van der Waals surface area (Å²) in [6.45, 7) is 9.35. The Morgan fingerprint density at radius 2 is 1.35 bits per heavy atom. The molecule has 0 saturated carbocycles. The first-order valence-corrected chi connectivity index (χ1v) is 7.88. The second-order valence-corrected chi connectivity index (χ2v) is 5.26. The molecule has 0 aliphatic carbocycles. The van der Waals surface area contributed by atoms with Crippen molar-refractivity contribution in [1.82, 2.24) is 10.6 Å². The Kier molecular flexibility index (Phi) is 20.7. The van der Waals surface area contributed by atoms with Gasteiger partial charge in [-0.05, 0) is 65.7 Å². The standard InChI is InChI=1S/C8H21N3.C6H17N3/c9-5-1-3-7-11-8-4-2-6-10;1-5(8)4-9-6(2)3-7/h11H,1-10H2;5-6,9H,3-4,7-8H2,1-2H3. The van der Waals surface area contributed by atoms with Gasteiger partial charge in [0.15, 0.2) is 0 Å². The van der Waals surface area contributed by atoms with Crippen LogP contribution in [0.2, 0.25) is 0 Å². The molecule has 0 aliphatic heterocycles. The van der Waals surface area contributed by atoms with Gasteiger partial charge in [0.2, 0.25) is 0 Å². The van der Waals surface area contributed by atoms with Crippen LogP contribution < -0.4 is 33.6 Å². The van der Waals surface area contributed by atoms with E-state index in [2.05, 4.69) is 10.6 Å². The summed E-state index contributed by atoms with van der Waals surface area (Å²) < 4.78 is 0. The van der Waals surface area contributed by atoms with Crippen LogP contribution in [0.3, 0.4) is 0 Å². The minimum Gasteiger partial charge on any atom is -0.330 e. The van der Waals surface area contributed by atoms with Crippen LogP contribution in [0, 0.1) is 0 Å². The van der Waals surface area contributed by atoms with Crippen LogP contribution in [-0.4, -0.2) is 51.4 Å². The van der Waals surface area contributed by atoms with Crippen molar-refractivity contribution in [3.05, 3.63) is 0 Å². The zero-order chi connectivity index (χ0) is 15.6. The predicted molar refractivity (Wildman–Crippen MR) is 89.6 cm³/mol. The quantitative estimate of drug-likeness (QED) is 0.264. The summed E-state index contributed by atoms with van der Waals surface area (Å²) >= 11 is 0. The van der Waals surface area contributed by atoms with Gasteiger partial charge in [0, 0.05) is 25.2 Å². The minimum atomic E-state index is 0.221. The molecule has 0 aromatic rings. The second kappa shape index (κ2) is 18.8. The molecule has 20 heavy (non-hydrogen) atoms. The Bertz CT molecular complexity index is 158. The van der Waals surface area contributed by atoms with Crippen molar-refractivity contribution in [3.8, 4) is 0 Å². The summed E-state index contributed by atoms with van der Waals surface area (Å²) in [5.41, 5.74) is 21.5. The topological polar surface area (TPSA) is 128 Å². The van der Waals surface area contributed by atoms with Crippen LogP contribution in [0.15, 0.2) is 0 Å². The average molecular weight is 290 g/mol. The first-order chi connectivity index (χ1) is 9.58. The fraction of sp³-hybridized carbons (Fsp3) is 1.00. The van der Waals surface area contributed by atoms with Gasteiger partial charge < -0.3 is 33.6 Å². The maximum atomic E-state index is 5.49. The number of hydrogen-bond acceptors (Lipinski definition) is 6. The molecular formula is C14H38N6. The van der Waals surface area contributed by atoms with E-state index >= 15 is 0 Å². The molecular weight excluding hydrogens is 252 g/mol. The fourth-order valence-corrected chi connectivity index (χ4v) is 1.38. The molecule has 0 saturated heterocycles. The third-order valence-electron chi connectivity index (χ3n) is 2.76. The summed E-state index contributed by atoms with van der Waals surface area (Å²) in [6, 6.07) is 0.606. The highest BCUT2D eigenvalue weighted by atomic mass is 14.9. The molecule has 0 aromatic carbocycles. The Morgan fingerprint density at radius 1 is 0.850 bits per heavy atom. The van der Waals surface area contributed by atoms with Crippen molar-refractivity contribution < 1.29 is 0 Å². The lowest BCUT2D eigenvalue weighted by molar-refractivity contribution is 0.523. The molecule has 124 valence electrons. The van der Waals surface area contributed by atoms with E-state index in [9.17, 15) is 0 Å². The molecule has 0 spiro atoms. The van der Waals surface area contributed by atoms with E-state index in [-0.39, 0.29) is 6.04 Å². The highest BCUT2D eigenvalue weighted by Gasteiger charge is 1.97. The van der Waals surface area contributed by atoms with E-state index in [1.54, 1.807) is 0 Å².